The Bertz CT molecular complexity index is 911. The zero-order valence-electron chi connectivity index (χ0n) is 15.2. The van der Waals surface area contributed by atoms with Crippen molar-refractivity contribution in [3.8, 4) is 22.9 Å². The Kier molecular flexibility index (Phi) is 5.13. The van der Waals surface area contributed by atoms with Gasteiger partial charge in [0.2, 0.25) is 0 Å². The van der Waals surface area contributed by atoms with Gasteiger partial charge >= 0.3 is 0 Å². The smallest absolute Gasteiger partial charge is 0.154 e. The van der Waals surface area contributed by atoms with Crippen LogP contribution in [-0.2, 0) is 0 Å². The molecule has 24 heavy (non-hydrogen) atoms. The molecular formula is C20H23NOSi2. The molecule has 0 aliphatic carbocycles. The quantitative estimate of drug-likeness (QED) is 0.431. The van der Waals surface area contributed by atoms with Crippen molar-refractivity contribution >= 4 is 33.3 Å². The number of aromatic nitrogens is 1. The summed E-state index contributed by atoms with van der Waals surface area (Å²) in [6, 6.07) is 7.82. The third-order valence-corrected chi connectivity index (χ3v) is 4.92. The number of benzene rings is 1. The van der Waals surface area contributed by atoms with E-state index in [0.717, 1.165) is 22.8 Å². The summed E-state index contributed by atoms with van der Waals surface area (Å²) in [6.07, 6.45) is 0.849. The highest BCUT2D eigenvalue weighted by Crippen LogP contribution is 2.22. The van der Waals surface area contributed by atoms with Crippen LogP contribution in [0.4, 0.5) is 0 Å². The van der Waals surface area contributed by atoms with Gasteiger partial charge in [-0.2, -0.15) is 0 Å². The first kappa shape index (κ1) is 18.2. The van der Waals surface area contributed by atoms with Gasteiger partial charge in [0.25, 0.3) is 0 Å². The first-order valence-electron chi connectivity index (χ1n) is 8.05. The Morgan fingerprint density at radius 3 is 2.08 bits per heavy atom. The second-order valence-electron chi connectivity index (χ2n) is 7.88. The number of hydrogen-bond acceptors (Lipinski definition) is 2. The highest BCUT2D eigenvalue weighted by Gasteiger charge is 2.15. The van der Waals surface area contributed by atoms with Gasteiger partial charge in [-0.15, -0.1) is 11.1 Å². The van der Waals surface area contributed by atoms with E-state index in [2.05, 4.69) is 67.2 Å². The monoisotopic (exact) mass is 349 g/mol. The SMILES string of the molecule is C[Si](C)(C)C#Cc1nc2ccccc2c(C#C[Si](C)(C)C)c1C=O. The largest absolute Gasteiger partial charge is 0.298 e. The van der Waals surface area contributed by atoms with E-state index in [4.69, 9.17) is 0 Å². The topological polar surface area (TPSA) is 30.0 Å². The Morgan fingerprint density at radius 1 is 0.917 bits per heavy atom. The van der Waals surface area contributed by atoms with E-state index in [0.29, 0.717) is 11.3 Å². The molecule has 0 saturated heterocycles. The molecule has 0 bridgehead atoms. The number of pyridine rings is 1. The zero-order valence-corrected chi connectivity index (χ0v) is 17.2. The summed E-state index contributed by atoms with van der Waals surface area (Å²) in [7, 11) is -3.11. The van der Waals surface area contributed by atoms with Crippen molar-refractivity contribution in [3.05, 3.63) is 41.1 Å². The number of rotatable bonds is 1. The van der Waals surface area contributed by atoms with Gasteiger partial charge in [-0.25, -0.2) is 4.98 Å². The van der Waals surface area contributed by atoms with E-state index < -0.39 is 16.1 Å². The normalized spacial score (nSPS) is 11.2. The summed E-state index contributed by atoms with van der Waals surface area (Å²) in [6.45, 7) is 13.1. The van der Waals surface area contributed by atoms with Crippen LogP contribution >= 0.6 is 0 Å². The van der Waals surface area contributed by atoms with Gasteiger partial charge in [0.1, 0.15) is 21.8 Å². The number of carbonyl (C=O) groups excluding carboxylic acids is 1. The van der Waals surface area contributed by atoms with Crippen molar-refractivity contribution < 1.29 is 4.79 Å². The maximum atomic E-state index is 11.8. The number of hydrogen-bond donors (Lipinski definition) is 0. The molecule has 2 nitrogen and oxygen atoms in total. The number of nitrogens with zero attached hydrogens (tertiary/aromatic N) is 1. The van der Waals surface area contributed by atoms with Gasteiger partial charge in [0.15, 0.2) is 6.29 Å². The van der Waals surface area contributed by atoms with Gasteiger partial charge < -0.3 is 0 Å². The van der Waals surface area contributed by atoms with Crippen molar-refractivity contribution in [3.63, 3.8) is 0 Å². The highest BCUT2D eigenvalue weighted by molar-refractivity contribution is 6.84. The lowest BCUT2D eigenvalue weighted by Crippen LogP contribution is -2.17. The molecule has 1 aromatic heterocycles. The first-order chi connectivity index (χ1) is 11.1. The number of fused-ring (bicyclic) bond motifs is 1. The molecule has 0 spiro atoms. The third-order valence-electron chi connectivity index (χ3n) is 3.17. The molecule has 0 radical (unpaired) electrons. The second-order valence-corrected chi connectivity index (χ2v) is 17.4. The lowest BCUT2D eigenvalue weighted by atomic mass is 10.0. The number of aldehydes is 1. The molecule has 0 unspecified atom stereocenters. The predicted octanol–water partition coefficient (Wildman–Crippen LogP) is 4.51. The van der Waals surface area contributed by atoms with Crippen molar-refractivity contribution in [2.75, 3.05) is 0 Å². The molecule has 4 heteroatoms. The van der Waals surface area contributed by atoms with Gasteiger partial charge in [-0.05, 0) is 6.07 Å². The van der Waals surface area contributed by atoms with Crippen LogP contribution in [0.3, 0.4) is 0 Å². The number of para-hydroxylation sites is 1. The molecule has 1 aromatic carbocycles. The molecule has 0 atom stereocenters. The highest BCUT2D eigenvalue weighted by atomic mass is 28.3. The summed E-state index contributed by atoms with van der Waals surface area (Å²) in [5.41, 5.74) is 9.34. The van der Waals surface area contributed by atoms with Crippen LogP contribution in [0.25, 0.3) is 10.9 Å². The van der Waals surface area contributed by atoms with Gasteiger partial charge in [0, 0.05) is 10.9 Å². The van der Waals surface area contributed by atoms with Gasteiger partial charge in [-0.1, -0.05) is 69.3 Å². The van der Waals surface area contributed by atoms with E-state index in [1.807, 2.05) is 24.3 Å². The molecule has 122 valence electrons. The summed E-state index contributed by atoms with van der Waals surface area (Å²) < 4.78 is 0. The minimum Gasteiger partial charge on any atom is -0.298 e. The molecular weight excluding hydrogens is 326 g/mol. The second kappa shape index (κ2) is 6.77. The summed E-state index contributed by atoms with van der Waals surface area (Å²) >= 11 is 0. The number of carbonyl (C=O) groups is 1. The molecule has 0 aliphatic rings. The molecule has 2 rings (SSSR count). The predicted molar refractivity (Wildman–Crippen MR) is 108 cm³/mol. The van der Waals surface area contributed by atoms with Crippen LogP contribution in [-0.4, -0.2) is 27.4 Å². The maximum Gasteiger partial charge on any atom is 0.154 e. The van der Waals surface area contributed by atoms with Gasteiger partial charge in [-0.3, -0.25) is 4.79 Å². The van der Waals surface area contributed by atoms with E-state index in [1.54, 1.807) is 0 Å². The fourth-order valence-electron chi connectivity index (χ4n) is 2.07. The Labute approximate surface area is 146 Å². The van der Waals surface area contributed by atoms with Crippen LogP contribution in [0.1, 0.15) is 21.6 Å². The average Bonchev–Trinajstić information content (AvgIpc) is 2.48. The lowest BCUT2D eigenvalue weighted by Gasteiger charge is -2.09. The van der Waals surface area contributed by atoms with Crippen LogP contribution in [0.15, 0.2) is 24.3 Å². The Hall–Kier alpha value is -2.15. The minimum absolute atomic E-state index is 0.519. The Morgan fingerprint density at radius 2 is 1.50 bits per heavy atom. The maximum absolute atomic E-state index is 11.8. The first-order valence-corrected chi connectivity index (χ1v) is 15.0. The lowest BCUT2D eigenvalue weighted by molar-refractivity contribution is 0.112. The molecule has 0 N–H and O–H groups in total. The fraction of sp³-hybridized carbons (Fsp3) is 0.300. The fourth-order valence-corrected chi connectivity index (χ4v) is 3.06. The summed E-state index contributed by atoms with van der Waals surface area (Å²) in [5, 5.41) is 0.920. The standard InChI is InChI=1S/C20H23NOSi2/c1-23(2,3)13-11-16-17-9-7-8-10-19(17)21-20(18(16)15-22)12-14-24(4,5)6/h7-10,15H,1-6H3. The van der Waals surface area contributed by atoms with Gasteiger partial charge in [0.05, 0.1) is 11.1 Å². The Balaban J connectivity index is 2.83. The van der Waals surface area contributed by atoms with Crippen molar-refractivity contribution in [2.24, 2.45) is 0 Å². The minimum atomic E-state index is -1.56. The molecule has 2 aromatic rings. The van der Waals surface area contributed by atoms with Crippen molar-refractivity contribution in [1.29, 1.82) is 0 Å². The summed E-state index contributed by atoms with van der Waals surface area (Å²) in [5.74, 6) is 6.42. The molecule has 0 aliphatic heterocycles. The molecule has 0 fully saturated rings. The van der Waals surface area contributed by atoms with E-state index in [1.165, 1.54) is 0 Å². The van der Waals surface area contributed by atoms with Crippen LogP contribution in [0.2, 0.25) is 39.3 Å². The zero-order chi connectivity index (χ0) is 18.0. The molecule has 0 amide bonds. The van der Waals surface area contributed by atoms with E-state index in [-0.39, 0.29) is 0 Å². The van der Waals surface area contributed by atoms with E-state index in [9.17, 15) is 4.79 Å². The van der Waals surface area contributed by atoms with Crippen molar-refractivity contribution in [1.82, 2.24) is 4.98 Å². The van der Waals surface area contributed by atoms with Crippen LogP contribution in [0.5, 0.6) is 0 Å². The molecule has 0 saturated carbocycles. The third kappa shape index (κ3) is 4.67. The van der Waals surface area contributed by atoms with Crippen LogP contribution in [0, 0.1) is 22.9 Å². The average molecular weight is 350 g/mol. The van der Waals surface area contributed by atoms with Crippen molar-refractivity contribution in [2.45, 2.75) is 39.3 Å². The molecule has 1 heterocycles. The van der Waals surface area contributed by atoms with E-state index >= 15 is 0 Å². The van der Waals surface area contributed by atoms with Crippen LogP contribution < -0.4 is 0 Å². The summed E-state index contributed by atoms with van der Waals surface area (Å²) in [4.78, 5) is 16.4.